The smallest absolute Gasteiger partial charge is 0.0662 e. The second kappa shape index (κ2) is 6.03. The van der Waals surface area contributed by atoms with E-state index in [1.165, 1.54) is 0 Å². The highest BCUT2D eigenvalue weighted by Gasteiger charge is 2.58. The van der Waals surface area contributed by atoms with E-state index < -0.39 is 0 Å². The molecule has 2 atom stereocenters. The summed E-state index contributed by atoms with van der Waals surface area (Å²) in [4.78, 5) is 6.83. The van der Waals surface area contributed by atoms with Gasteiger partial charge in [0.15, 0.2) is 0 Å². The zero-order valence-corrected chi connectivity index (χ0v) is 14.0. The van der Waals surface area contributed by atoms with E-state index in [2.05, 4.69) is 42.9 Å². The van der Waals surface area contributed by atoms with Gasteiger partial charge in [0.25, 0.3) is 0 Å². The lowest BCUT2D eigenvalue weighted by Gasteiger charge is -2.60. The lowest BCUT2D eigenvalue weighted by Crippen LogP contribution is -2.73. The molecule has 1 saturated carbocycles. The van der Waals surface area contributed by atoms with Crippen molar-refractivity contribution in [1.82, 2.24) is 9.88 Å². The molecule has 1 aliphatic carbocycles. The summed E-state index contributed by atoms with van der Waals surface area (Å²) in [5.74, 6) is 0. The highest BCUT2D eigenvalue weighted by atomic mass is 16.5. The van der Waals surface area contributed by atoms with Gasteiger partial charge < -0.3 is 10.5 Å². The molecule has 1 aliphatic rings. The van der Waals surface area contributed by atoms with Crippen LogP contribution < -0.4 is 5.73 Å². The van der Waals surface area contributed by atoms with Crippen molar-refractivity contribution >= 4 is 0 Å². The molecule has 21 heavy (non-hydrogen) atoms. The topological polar surface area (TPSA) is 51.4 Å². The van der Waals surface area contributed by atoms with E-state index in [1.807, 2.05) is 19.9 Å². The number of aromatic nitrogens is 1. The molecule has 2 unspecified atom stereocenters. The van der Waals surface area contributed by atoms with Gasteiger partial charge in [0.05, 0.1) is 11.8 Å². The van der Waals surface area contributed by atoms with Crippen LogP contribution in [0.4, 0.5) is 0 Å². The maximum absolute atomic E-state index is 6.64. The molecule has 0 spiro atoms. The van der Waals surface area contributed by atoms with E-state index in [4.69, 9.17) is 10.5 Å². The fourth-order valence-corrected chi connectivity index (χ4v) is 3.28. The Kier molecular flexibility index (Phi) is 4.71. The number of rotatable bonds is 6. The van der Waals surface area contributed by atoms with Crippen molar-refractivity contribution in [1.29, 1.82) is 0 Å². The molecule has 2 N–H and O–H groups in total. The Morgan fingerprint density at radius 2 is 2.14 bits per heavy atom. The monoisotopic (exact) mass is 291 g/mol. The second-order valence-electron chi connectivity index (χ2n) is 6.97. The largest absolute Gasteiger partial charge is 0.378 e. The Balaban J connectivity index is 1.95. The zero-order chi connectivity index (χ0) is 15.7. The number of likely N-dealkylation sites (N-methyl/N-ethyl adjacent to an activating group) is 1. The molecule has 4 heteroatoms. The van der Waals surface area contributed by atoms with E-state index in [1.54, 1.807) is 0 Å². The average molecular weight is 291 g/mol. The number of nitrogens with zero attached hydrogens (tertiary/aromatic N) is 2. The van der Waals surface area contributed by atoms with Gasteiger partial charge in [0.2, 0.25) is 0 Å². The van der Waals surface area contributed by atoms with Crippen LogP contribution in [0.15, 0.2) is 18.2 Å². The second-order valence-corrected chi connectivity index (χ2v) is 6.97. The maximum Gasteiger partial charge on any atom is 0.0662 e. The van der Waals surface area contributed by atoms with Crippen molar-refractivity contribution in [2.24, 2.45) is 11.1 Å². The first-order valence-electron chi connectivity index (χ1n) is 7.80. The van der Waals surface area contributed by atoms with Crippen molar-refractivity contribution in [3.63, 3.8) is 0 Å². The van der Waals surface area contributed by atoms with E-state index in [0.29, 0.717) is 0 Å². The Bertz CT molecular complexity index is 489. The van der Waals surface area contributed by atoms with Crippen LogP contribution in [0, 0.1) is 12.3 Å². The van der Waals surface area contributed by atoms with Crippen LogP contribution in [-0.2, 0) is 11.3 Å². The molecule has 1 heterocycles. The quantitative estimate of drug-likeness (QED) is 0.874. The van der Waals surface area contributed by atoms with Crippen LogP contribution in [0.25, 0.3) is 0 Å². The molecule has 0 aromatic carbocycles. The third-order valence-electron chi connectivity index (χ3n) is 4.94. The highest BCUT2D eigenvalue weighted by Crippen LogP contribution is 2.50. The van der Waals surface area contributed by atoms with Crippen LogP contribution in [0.2, 0.25) is 0 Å². The Hall–Kier alpha value is -0.970. The van der Waals surface area contributed by atoms with E-state index in [9.17, 15) is 0 Å². The number of hydrogen-bond acceptors (Lipinski definition) is 4. The fraction of sp³-hybridized carbons (Fsp3) is 0.706. The maximum atomic E-state index is 6.64. The minimum atomic E-state index is -0.189. The summed E-state index contributed by atoms with van der Waals surface area (Å²) in [5, 5.41) is 0. The van der Waals surface area contributed by atoms with E-state index in [-0.39, 0.29) is 17.1 Å². The van der Waals surface area contributed by atoms with Gasteiger partial charge in [-0.05, 0) is 39.4 Å². The minimum absolute atomic E-state index is 0.0112. The van der Waals surface area contributed by atoms with Crippen molar-refractivity contribution < 1.29 is 4.74 Å². The van der Waals surface area contributed by atoms with Gasteiger partial charge in [-0.1, -0.05) is 19.9 Å². The van der Waals surface area contributed by atoms with Crippen molar-refractivity contribution in [3.05, 3.63) is 29.6 Å². The lowest BCUT2D eigenvalue weighted by molar-refractivity contribution is -0.155. The number of aryl methyl sites for hydroxylation is 1. The average Bonchev–Trinajstić information content (AvgIpc) is 2.38. The first-order chi connectivity index (χ1) is 9.78. The molecule has 0 saturated heterocycles. The summed E-state index contributed by atoms with van der Waals surface area (Å²) in [6, 6.07) is 6.15. The van der Waals surface area contributed by atoms with Crippen LogP contribution >= 0.6 is 0 Å². The van der Waals surface area contributed by atoms with Gasteiger partial charge in [-0.15, -0.1) is 0 Å². The number of hydrogen-bond donors (Lipinski definition) is 1. The molecule has 0 radical (unpaired) electrons. The minimum Gasteiger partial charge on any atom is -0.378 e. The van der Waals surface area contributed by atoms with Crippen LogP contribution in [0.3, 0.4) is 0 Å². The highest BCUT2D eigenvalue weighted by molar-refractivity contribution is 5.15. The molecule has 1 aromatic heterocycles. The molecule has 4 nitrogen and oxygen atoms in total. The van der Waals surface area contributed by atoms with Gasteiger partial charge in [-0.3, -0.25) is 9.88 Å². The van der Waals surface area contributed by atoms with E-state index in [0.717, 1.165) is 37.5 Å². The molecule has 0 bridgehead atoms. The summed E-state index contributed by atoms with van der Waals surface area (Å²) >= 11 is 0. The Morgan fingerprint density at radius 1 is 1.43 bits per heavy atom. The summed E-state index contributed by atoms with van der Waals surface area (Å²) < 4.78 is 5.79. The van der Waals surface area contributed by atoms with Crippen LogP contribution in [-0.4, -0.2) is 41.7 Å². The summed E-state index contributed by atoms with van der Waals surface area (Å²) in [5.41, 5.74) is 8.62. The first kappa shape index (κ1) is 16.4. The first-order valence-corrected chi connectivity index (χ1v) is 7.80. The van der Waals surface area contributed by atoms with Crippen molar-refractivity contribution in [3.8, 4) is 0 Å². The molecule has 2 rings (SSSR count). The normalized spacial score (nSPS) is 27.7. The molecule has 118 valence electrons. The van der Waals surface area contributed by atoms with Crippen LogP contribution in [0.1, 0.15) is 38.6 Å². The van der Waals surface area contributed by atoms with Gasteiger partial charge in [0.1, 0.15) is 0 Å². The molecule has 0 amide bonds. The standard InChI is InChI=1S/C17H29N3O/c1-6-21-15-10-17(18,16(15,3)4)12-20(5)11-14-9-7-8-13(2)19-14/h7-9,15H,6,10-12,18H2,1-5H3. The van der Waals surface area contributed by atoms with Gasteiger partial charge in [0, 0.05) is 36.3 Å². The predicted molar refractivity (Wildman–Crippen MR) is 86.0 cm³/mol. The van der Waals surface area contributed by atoms with E-state index >= 15 is 0 Å². The van der Waals surface area contributed by atoms with Crippen molar-refractivity contribution in [2.75, 3.05) is 20.2 Å². The summed E-state index contributed by atoms with van der Waals surface area (Å²) in [6.45, 7) is 10.9. The lowest BCUT2D eigenvalue weighted by atomic mass is 9.54. The van der Waals surface area contributed by atoms with Crippen molar-refractivity contribution in [2.45, 2.75) is 52.3 Å². The molecule has 1 fully saturated rings. The Morgan fingerprint density at radius 3 is 2.71 bits per heavy atom. The summed E-state index contributed by atoms with van der Waals surface area (Å²) in [6.07, 6.45) is 1.21. The Labute approximate surface area is 128 Å². The number of ether oxygens (including phenoxy) is 1. The zero-order valence-electron chi connectivity index (χ0n) is 14.0. The van der Waals surface area contributed by atoms with Crippen LogP contribution in [0.5, 0.6) is 0 Å². The third kappa shape index (κ3) is 3.28. The number of pyridine rings is 1. The SMILES string of the molecule is CCOC1CC(N)(CN(C)Cc2cccc(C)n2)C1(C)C. The number of nitrogens with two attached hydrogens (primary N) is 1. The molecular formula is C17H29N3O. The fourth-order valence-electron chi connectivity index (χ4n) is 3.28. The third-order valence-corrected chi connectivity index (χ3v) is 4.94. The molecular weight excluding hydrogens is 262 g/mol. The van der Waals surface area contributed by atoms with Gasteiger partial charge >= 0.3 is 0 Å². The molecule has 0 aliphatic heterocycles. The molecule has 1 aromatic rings. The van der Waals surface area contributed by atoms with Gasteiger partial charge in [-0.2, -0.15) is 0 Å². The predicted octanol–water partition coefficient (Wildman–Crippen LogP) is 2.35. The summed E-state index contributed by atoms with van der Waals surface area (Å²) in [7, 11) is 2.11. The van der Waals surface area contributed by atoms with Gasteiger partial charge in [-0.25, -0.2) is 0 Å².